The van der Waals surface area contributed by atoms with Crippen LogP contribution < -0.4 is 15.1 Å². The molecule has 0 bridgehead atoms. The van der Waals surface area contributed by atoms with E-state index in [-0.39, 0.29) is 0 Å². The van der Waals surface area contributed by atoms with Gasteiger partial charge in [-0.15, -0.1) is 0 Å². The highest BCUT2D eigenvalue weighted by Gasteiger charge is 2.26. The lowest BCUT2D eigenvalue weighted by molar-refractivity contribution is 0.122. The average molecular weight is 331 g/mol. The number of fused-ring (bicyclic) bond motifs is 1. The van der Waals surface area contributed by atoms with E-state index in [4.69, 9.17) is 14.7 Å². The molecule has 0 aromatic carbocycles. The molecule has 1 saturated heterocycles. The van der Waals surface area contributed by atoms with Crippen LogP contribution in [0.15, 0.2) is 0 Å². The van der Waals surface area contributed by atoms with Gasteiger partial charge >= 0.3 is 0 Å². The van der Waals surface area contributed by atoms with E-state index < -0.39 is 0 Å². The minimum Gasteiger partial charge on any atom is -0.378 e. The zero-order chi connectivity index (χ0) is 16.4. The van der Waals surface area contributed by atoms with Gasteiger partial charge in [0.2, 0.25) is 5.95 Å². The first-order valence-corrected chi connectivity index (χ1v) is 9.49. The Labute approximate surface area is 144 Å². The first-order valence-electron chi connectivity index (χ1n) is 9.49. The predicted octanol–water partition coefficient (Wildman–Crippen LogP) is 1.73. The number of hydrogen-bond donors (Lipinski definition) is 1. The van der Waals surface area contributed by atoms with Crippen LogP contribution in [0.5, 0.6) is 0 Å². The first-order chi connectivity index (χ1) is 11.8. The molecule has 132 valence electrons. The Morgan fingerprint density at radius 1 is 1.12 bits per heavy atom. The summed E-state index contributed by atoms with van der Waals surface area (Å²) in [6, 6.07) is 0.594. The molecule has 1 aliphatic carbocycles. The van der Waals surface area contributed by atoms with E-state index in [1.54, 1.807) is 0 Å². The molecule has 0 radical (unpaired) electrons. The summed E-state index contributed by atoms with van der Waals surface area (Å²) in [5.74, 6) is 2.05. The van der Waals surface area contributed by atoms with Crippen LogP contribution in [-0.2, 0) is 17.7 Å². The lowest BCUT2D eigenvalue weighted by Gasteiger charge is -2.35. The van der Waals surface area contributed by atoms with Crippen molar-refractivity contribution in [3.05, 3.63) is 11.3 Å². The molecule has 1 aromatic rings. The second-order valence-corrected chi connectivity index (χ2v) is 7.20. The molecule has 1 N–H and O–H groups in total. The van der Waals surface area contributed by atoms with Crippen LogP contribution >= 0.6 is 0 Å². The Hall–Kier alpha value is -1.40. The molecule has 3 heterocycles. The fourth-order valence-electron chi connectivity index (χ4n) is 4.14. The maximum atomic E-state index is 5.53. The van der Waals surface area contributed by atoms with Crippen molar-refractivity contribution in [2.45, 2.75) is 51.1 Å². The second-order valence-electron chi connectivity index (χ2n) is 7.20. The van der Waals surface area contributed by atoms with E-state index in [0.717, 1.165) is 57.6 Å². The third-order valence-electron chi connectivity index (χ3n) is 5.65. The molecule has 24 heavy (non-hydrogen) atoms. The smallest absolute Gasteiger partial charge is 0.227 e. The molecular formula is C18H29N5O. The summed E-state index contributed by atoms with van der Waals surface area (Å²) in [6.45, 7) is 5.33. The summed E-state index contributed by atoms with van der Waals surface area (Å²) in [5.41, 5.74) is 2.53. The maximum absolute atomic E-state index is 5.53. The Morgan fingerprint density at radius 2 is 1.92 bits per heavy atom. The highest BCUT2D eigenvalue weighted by atomic mass is 16.5. The number of nitrogens with zero attached hydrogens (tertiary/aromatic N) is 4. The summed E-state index contributed by atoms with van der Waals surface area (Å²) < 4.78 is 5.53. The quantitative estimate of drug-likeness (QED) is 0.910. The fourth-order valence-corrected chi connectivity index (χ4v) is 4.14. The van der Waals surface area contributed by atoms with E-state index in [9.17, 15) is 0 Å². The van der Waals surface area contributed by atoms with Crippen LogP contribution in [0.4, 0.5) is 11.8 Å². The van der Waals surface area contributed by atoms with E-state index in [1.807, 2.05) is 0 Å². The summed E-state index contributed by atoms with van der Waals surface area (Å²) in [7, 11) is 2.18. The number of hydrogen-bond acceptors (Lipinski definition) is 6. The van der Waals surface area contributed by atoms with E-state index in [2.05, 4.69) is 22.2 Å². The normalized spacial score (nSPS) is 22.3. The topological polar surface area (TPSA) is 53.5 Å². The van der Waals surface area contributed by atoms with Gasteiger partial charge < -0.3 is 19.9 Å². The molecule has 0 unspecified atom stereocenters. The van der Waals surface area contributed by atoms with Gasteiger partial charge in [0, 0.05) is 51.3 Å². The number of ether oxygens (including phenoxy) is 1. The number of nitrogens with one attached hydrogen (secondary N) is 1. The van der Waals surface area contributed by atoms with Crippen molar-refractivity contribution in [2.75, 3.05) is 49.7 Å². The zero-order valence-electron chi connectivity index (χ0n) is 14.8. The SMILES string of the molecule is CN(c1nc2c(c(N3CCOCC3)n1)CNCC2)C1CCCCC1. The number of anilines is 2. The first kappa shape index (κ1) is 16.1. The summed E-state index contributed by atoms with van der Waals surface area (Å²) in [4.78, 5) is 14.7. The van der Waals surface area contributed by atoms with E-state index in [1.165, 1.54) is 43.4 Å². The van der Waals surface area contributed by atoms with E-state index in [0.29, 0.717) is 6.04 Å². The molecule has 6 heteroatoms. The predicted molar refractivity (Wildman–Crippen MR) is 95.8 cm³/mol. The number of morpholine rings is 1. The summed E-state index contributed by atoms with van der Waals surface area (Å²) in [6.07, 6.45) is 7.58. The molecule has 0 spiro atoms. The lowest BCUT2D eigenvalue weighted by atomic mass is 9.95. The summed E-state index contributed by atoms with van der Waals surface area (Å²) >= 11 is 0. The summed E-state index contributed by atoms with van der Waals surface area (Å²) in [5, 5.41) is 3.48. The molecule has 1 aromatic heterocycles. The van der Waals surface area contributed by atoms with Gasteiger partial charge in [-0.2, -0.15) is 4.98 Å². The largest absolute Gasteiger partial charge is 0.378 e. The molecule has 1 saturated carbocycles. The van der Waals surface area contributed by atoms with Gasteiger partial charge in [-0.25, -0.2) is 4.98 Å². The molecule has 2 aliphatic heterocycles. The standard InChI is InChI=1S/C18H29N5O/c1-22(14-5-3-2-4-6-14)18-20-16-7-8-19-13-15(16)17(21-18)23-9-11-24-12-10-23/h14,19H,2-13H2,1H3. The van der Waals surface area contributed by atoms with Gasteiger partial charge in [0.05, 0.1) is 18.9 Å². The van der Waals surface area contributed by atoms with Crippen molar-refractivity contribution < 1.29 is 4.74 Å². The van der Waals surface area contributed by atoms with Gasteiger partial charge in [0.1, 0.15) is 5.82 Å². The monoisotopic (exact) mass is 331 g/mol. The van der Waals surface area contributed by atoms with Crippen LogP contribution in [0.2, 0.25) is 0 Å². The van der Waals surface area contributed by atoms with Crippen molar-refractivity contribution in [3.63, 3.8) is 0 Å². The highest BCUT2D eigenvalue weighted by Crippen LogP contribution is 2.29. The molecule has 2 fully saturated rings. The third kappa shape index (κ3) is 3.22. The number of rotatable bonds is 3. The van der Waals surface area contributed by atoms with E-state index >= 15 is 0 Å². The molecule has 6 nitrogen and oxygen atoms in total. The van der Waals surface area contributed by atoms with Gasteiger partial charge in [-0.3, -0.25) is 0 Å². The maximum Gasteiger partial charge on any atom is 0.227 e. The van der Waals surface area contributed by atoms with Crippen molar-refractivity contribution in [1.29, 1.82) is 0 Å². The second kappa shape index (κ2) is 7.23. The van der Waals surface area contributed by atoms with Crippen molar-refractivity contribution in [2.24, 2.45) is 0 Å². The Kier molecular flexibility index (Phi) is 4.85. The molecule has 0 atom stereocenters. The van der Waals surface area contributed by atoms with Crippen LogP contribution in [0.25, 0.3) is 0 Å². The Morgan fingerprint density at radius 3 is 2.71 bits per heavy atom. The van der Waals surface area contributed by atoms with Gasteiger partial charge in [-0.1, -0.05) is 19.3 Å². The minimum atomic E-state index is 0.594. The van der Waals surface area contributed by atoms with Gasteiger partial charge in [-0.05, 0) is 12.8 Å². The Bertz CT molecular complexity index is 567. The number of aromatic nitrogens is 2. The van der Waals surface area contributed by atoms with Crippen molar-refractivity contribution in [3.8, 4) is 0 Å². The Balaban J connectivity index is 1.66. The van der Waals surface area contributed by atoms with Crippen LogP contribution in [0.1, 0.15) is 43.4 Å². The van der Waals surface area contributed by atoms with Gasteiger partial charge in [0.15, 0.2) is 0 Å². The molecule has 0 amide bonds. The van der Waals surface area contributed by atoms with Gasteiger partial charge in [0.25, 0.3) is 0 Å². The average Bonchev–Trinajstić information content (AvgIpc) is 2.68. The zero-order valence-corrected chi connectivity index (χ0v) is 14.8. The molecule has 3 aliphatic rings. The van der Waals surface area contributed by atoms with Crippen molar-refractivity contribution >= 4 is 11.8 Å². The van der Waals surface area contributed by atoms with Crippen LogP contribution in [0, 0.1) is 0 Å². The molecular weight excluding hydrogens is 302 g/mol. The van der Waals surface area contributed by atoms with Crippen molar-refractivity contribution in [1.82, 2.24) is 15.3 Å². The fraction of sp³-hybridized carbons (Fsp3) is 0.778. The van der Waals surface area contributed by atoms with Crippen LogP contribution in [0.3, 0.4) is 0 Å². The molecule has 4 rings (SSSR count). The third-order valence-corrected chi connectivity index (χ3v) is 5.65. The lowest BCUT2D eigenvalue weighted by Crippen LogP contribution is -2.40. The van der Waals surface area contributed by atoms with Crippen LogP contribution in [-0.4, -0.2) is 55.9 Å². The minimum absolute atomic E-state index is 0.594. The highest BCUT2D eigenvalue weighted by molar-refractivity contribution is 5.54.